The number of nitro benzene ring substituents is 1. The van der Waals surface area contributed by atoms with Gasteiger partial charge in [-0.3, -0.25) is 15.0 Å². The van der Waals surface area contributed by atoms with Gasteiger partial charge in [0, 0.05) is 50.1 Å². The summed E-state index contributed by atoms with van der Waals surface area (Å²) in [6, 6.07) is 8.51. The summed E-state index contributed by atoms with van der Waals surface area (Å²) < 4.78 is 39.9. The minimum absolute atomic E-state index is 0.00448. The van der Waals surface area contributed by atoms with Crippen LogP contribution in [0, 0.1) is 10.1 Å². The number of nitrogens with zero attached hydrogens (tertiary/aromatic N) is 7. The molecule has 0 bridgehead atoms. The molecule has 32 heavy (non-hydrogen) atoms. The van der Waals surface area contributed by atoms with E-state index in [1.54, 1.807) is 23.1 Å². The molecule has 1 aliphatic heterocycles. The highest BCUT2D eigenvalue weighted by atomic mass is 19.4. The zero-order valence-corrected chi connectivity index (χ0v) is 16.9. The molecule has 0 unspecified atom stereocenters. The van der Waals surface area contributed by atoms with Crippen molar-refractivity contribution < 1.29 is 18.1 Å². The Hall–Kier alpha value is -3.54. The van der Waals surface area contributed by atoms with Gasteiger partial charge in [-0.2, -0.15) is 13.2 Å². The lowest BCUT2D eigenvalue weighted by molar-refractivity contribution is -0.384. The Kier molecular flexibility index (Phi) is 6.04. The number of anilines is 1. The first-order chi connectivity index (χ1) is 15.3. The van der Waals surface area contributed by atoms with E-state index in [9.17, 15) is 23.3 Å². The van der Waals surface area contributed by atoms with Gasteiger partial charge in [-0.25, -0.2) is 14.6 Å². The van der Waals surface area contributed by atoms with E-state index in [1.165, 1.54) is 18.2 Å². The molecule has 9 nitrogen and oxygen atoms in total. The number of benzene rings is 1. The molecule has 1 saturated heterocycles. The van der Waals surface area contributed by atoms with Gasteiger partial charge in [0.2, 0.25) is 0 Å². The molecule has 0 N–H and O–H groups in total. The van der Waals surface area contributed by atoms with Crippen LogP contribution in [0.5, 0.6) is 0 Å². The monoisotopic (exact) mass is 447 g/mol. The summed E-state index contributed by atoms with van der Waals surface area (Å²) in [6.07, 6.45) is -1.09. The maximum absolute atomic E-state index is 12.7. The summed E-state index contributed by atoms with van der Waals surface area (Å²) in [7, 11) is 0. The van der Waals surface area contributed by atoms with Gasteiger partial charge in [-0.1, -0.05) is 0 Å². The first kappa shape index (κ1) is 21.7. The molecule has 0 aliphatic carbocycles. The van der Waals surface area contributed by atoms with E-state index in [-0.39, 0.29) is 5.69 Å². The summed E-state index contributed by atoms with van der Waals surface area (Å²) in [5, 5.41) is 15.2. The Morgan fingerprint density at radius 2 is 1.78 bits per heavy atom. The lowest BCUT2D eigenvalue weighted by atomic mass is 10.2. The van der Waals surface area contributed by atoms with Crippen LogP contribution >= 0.6 is 0 Å². The van der Waals surface area contributed by atoms with E-state index >= 15 is 0 Å². The van der Waals surface area contributed by atoms with Gasteiger partial charge in [-0.05, 0) is 30.7 Å². The van der Waals surface area contributed by atoms with Crippen molar-refractivity contribution in [3.63, 3.8) is 0 Å². The fourth-order valence-corrected chi connectivity index (χ4v) is 3.51. The molecule has 1 fully saturated rings. The third-order valence-corrected chi connectivity index (χ3v) is 5.21. The zero-order valence-electron chi connectivity index (χ0n) is 16.9. The smallest absolute Gasteiger partial charge is 0.355 e. The van der Waals surface area contributed by atoms with Crippen molar-refractivity contribution in [3.05, 3.63) is 64.6 Å². The van der Waals surface area contributed by atoms with Crippen molar-refractivity contribution in [2.75, 3.05) is 31.1 Å². The van der Waals surface area contributed by atoms with Gasteiger partial charge in [0.15, 0.2) is 5.82 Å². The summed E-state index contributed by atoms with van der Waals surface area (Å²) in [4.78, 5) is 22.8. The molecule has 0 amide bonds. The maximum atomic E-state index is 12.7. The molecule has 168 valence electrons. The van der Waals surface area contributed by atoms with E-state index in [1.807, 2.05) is 4.90 Å². The Morgan fingerprint density at radius 1 is 1.00 bits per heavy atom. The number of rotatable bonds is 5. The summed E-state index contributed by atoms with van der Waals surface area (Å²) in [5.74, 6) is 1.01. The lowest BCUT2D eigenvalue weighted by Gasteiger charge is -2.23. The van der Waals surface area contributed by atoms with E-state index in [0.29, 0.717) is 43.5 Å². The highest BCUT2D eigenvalue weighted by molar-refractivity contribution is 5.56. The quantitative estimate of drug-likeness (QED) is 0.437. The molecule has 4 rings (SSSR count). The fourth-order valence-electron chi connectivity index (χ4n) is 3.51. The molecule has 0 saturated carbocycles. The predicted molar refractivity (Wildman–Crippen MR) is 110 cm³/mol. The highest BCUT2D eigenvalue weighted by Crippen LogP contribution is 2.29. The van der Waals surface area contributed by atoms with Crippen molar-refractivity contribution in [2.45, 2.75) is 19.3 Å². The number of pyridine rings is 1. The van der Waals surface area contributed by atoms with Crippen molar-refractivity contribution in [1.29, 1.82) is 0 Å². The molecule has 2 aromatic heterocycles. The minimum Gasteiger partial charge on any atom is -0.355 e. The van der Waals surface area contributed by atoms with Crippen LogP contribution in [0.1, 0.15) is 12.0 Å². The molecule has 12 heteroatoms. The highest BCUT2D eigenvalue weighted by Gasteiger charge is 2.31. The van der Waals surface area contributed by atoms with Crippen molar-refractivity contribution in [1.82, 2.24) is 24.6 Å². The largest absolute Gasteiger partial charge is 0.417 e. The molecule has 1 aliphatic rings. The molecule has 3 aromatic rings. The van der Waals surface area contributed by atoms with E-state index in [4.69, 9.17) is 0 Å². The van der Waals surface area contributed by atoms with Gasteiger partial charge in [0.05, 0.1) is 17.2 Å². The minimum atomic E-state index is -4.40. The van der Waals surface area contributed by atoms with Gasteiger partial charge >= 0.3 is 6.18 Å². The van der Waals surface area contributed by atoms with E-state index in [0.717, 1.165) is 25.2 Å². The average molecular weight is 447 g/mol. The van der Waals surface area contributed by atoms with Crippen LogP contribution in [0.4, 0.5) is 24.7 Å². The molecule has 0 spiro atoms. The second-order valence-corrected chi connectivity index (χ2v) is 7.41. The van der Waals surface area contributed by atoms with E-state index in [2.05, 4.69) is 20.0 Å². The molecule has 0 atom stereocenters. The summed E-state index contributed by atoms with van der Waals surface area (Å²) in [5.41, 5.74) is -0.0673. The van der Waals surface area contributed by atoms with Crippen molar-refractivity contribution >= 4 is 11.5 Å². The number of nitro groups is 1. The molecular weight excluding hydrogens is 427 g/mol. The number of hydrogen-bond acceptors (Lipinski definition) is 7. The third kappa shape index (κ3) is 5.02. The number of non-ortho nitro benzene ring substituents is 1. The number of hydrogen-bond donors (Lipinski definition) is 0. The third-order valence-electron chi connectivity index (χ3n) is 5.21. The molecule has 3 heterocycles. The van der Waals surface area contributed by atoms with E-state index < -0.39 is 16.7 Å². The van der Waals surface area contributed by atoms with Crippen LogP contribution in [-0.2, 0) is 12.8 Å². The van der Waals surface area contributed by atoms with Crippen LogP contribution in [0.3, 0.4) is 0 Å². The summed E-state index contributed by atoms with van der Waals surface area (Å²) >= 11 is 0. The second-order valence-electron chi connectivity index (χ2n) is 7.41. The normalized spacial score (nSPS) is 15.5. The lowest BCUT2D eigenvalue weighted by Crippen LogP contribution is -2.32. The van der Waals surface area contributed by atoms with Crippen LogP contribution in [0.15, 0.2) is 48.9 Å². The van der Waals surface area contributed by atoms with Crippen LogP contribution in [0.25, 0.3) is 11.4 Å². The Bertz CT molecular complexity index is 1070. The average Bonchev–Trinajstić information content (AvgIpc) is 3.11. The van der Waals surface area contributed by atoms with Gasteiger partial charge in [0.25, 0.3) is 5.69 Å². The number of alkyl halides is 3. The first-order valence-corrected chi connectivity index (χ1v) is 9.94. The summed E-state index contributed by atoms with van der Waals surface area (Å²) in [6.45, 7) is 3.32. The predicted octanol–water partition coefficient (Wildman–Crippen LogP) is 3.44. The maximum Gasteiger partial charge on any atom is 0.417 e. The fraction of sp³-hybridized carbons (Fsp3) is 0.350. The van der Waals surface area contributed by atoms with Crippen molar-refractivity contribution in [3.8, 4) is 11.4 Å². The number of halogens is 3. The molecule has 0 radical (unpaired) electrons. The standard InChI is InChI=1S/C20H20F3N7O2/c21-20(22,23)16-4-7-18(24-12-16)28-9-1-8-27(10-11-28)14-29-13-25-19(26-29)15-2-5-17(6-3-15)30(31)32/h2-7,12-13H,1,8-11,14H2. The zero-order chi connectivity index (χ0) is 22.7. The first-order valence-electron chi connectivity index (χ1n) is 9.94. The topological polar surface area (TPSA) is 93.2 Å². The Morgan fingerprint density at radius 3 is 2.44 bits per heavy atom. The Labute approximate surface area is 181 Å². The number of aromatic nitrogens is 4. The second kappa shape index (κ2) is 8.91. The van der Waals surface area contributed by atoms with Gasteiger partial charge < -0.3 is 4.90 Å². The van der Waals surface area contributed by atoms with Crippen LogP contribution in [-0.4, -0.2) is 55.8 Å². The molecular formula is C20H20F3N7O2. The van der Waals surface area contributed by atoms with Gasteiger partial charge in [0.1, 0.15) is 12.1 Å². The van der Waals surface area contributed by atoms with Crippen molar-refractivity contribution in [2.24, 2.45) is 0 Å². The Balaban J connectivity index is 1.36. The SMILES string of the molecule is O=[N+]([O-])c1ccc(-c2ncn(CN3CCCN(c4ccc(C(F)(F)F)cn4)CC3)n2)cc1. The van der Waals surface area contributed by atoms with Gasteiger partial charge in [-0.15, -0.1) is 5.10 Å². The van der Waals surface area contributed by atoms with Crippen LogP contribution < -0.4 is 4.90 Å². The van der Waals surface area contributed by atoms with Crippen LogP contribution in [0.2, 0.25) is 0 Å². The molecule has 1 aromatic carbocycles.